The van der Waals surface area contributed by atoms with E-state index in [1.807, 2.05) is 24.3 Å². The zero-order valence-electron chi connectivity index (χ0n) is 28.8. The van der Waals surface area contributed by atoms with E-state index in [4.69, 9.17) is 20.8 Å². The maximum absolute atomic E-state index is 13.8. The zero-order chi connectivity index (χ0) is 35.4. The van der Waals surface area contributed by atoms with Crippen molar-refractivity contribution >= 4 is 53.1 Å². The van der Waals surface area contributed by atoms with E-state index in [-0.39, 0.29) is 16.8 Å². The third kappa shape index (κ3) is 7.15. The van der Waals surface area contributed by atoms with Crippen molar-refractivity contribution in [2.75, 3.05) is 31.6 Å². The average Bonchev–Trinajstić information content (AvgIpc) is 3.56. The van der Waals surface area contributed by atoms with Crippen LogP contribution in [-0.2, 0) is 9.22 Å². The van der Waals surface area contributed by atoms with Crippen LogP contribution in [0.5, 0.6) is 5.88 Å². The quantitative estimate of drug-likeness (QED) is 0.159. The summed E-state index contributed by atoms with van der Waals surface area (Å²) in [5.74, 6) is 0.666. The standard InChI is InChI=1S/C39H40ClN7O3Si/c1-39(2,3)51(29-14-6-4-7-15-29,30-16-8-5-9-17-30)49-26-28-23-46(24-28)25-34(37(48)45-35-20-12-13-21-41-35)50-38-31-22-44-47(36(31)42-27-43-38)33-19-11-10-18-32(33)40/h4-22,27-28,34H,23-26H2,1-3H3,(H,41,45,48). The molecule has 1 aliphatic rings. The molecule has 0 aliphatic carbocycles. The number of fused-ring (bicyclic) bond motifs is 1. The maximum atomic E-state index is 13.8. The minimum absolute atomic E-state index is 0.107. The number of hydrogen-bond donors (Lipinski definition) is 1. The summed E-state index contributed by atoms with van der Waals surface area (Å²) in [7, 11) is -2.66. The molecule has 1 aliphatic heterocycles. The first-order valence-electron chi connectivity index (χ1n) is 17.0. The number of benzene rings is 3. The SMILES string of the molecule is CC(C)(C)[Si](OCC1CN(CC(Oc2ncnc3c2cnn3-c2ccccc2Cl)C(=O)Nc2ccccn2)C1)(c1ccccc1)c1ccccc1. The number of aromatic nitrogens is 5. The van der Waals surface area contributed by atoms with Gasteiger partial charge in [-0.3, -0.25) is 9.69 Å². The predicted molar refractivity (Wildman–Crippen MR) is 202 cm³/mol. The van der Waals surface area contributed by atoms with Gasteiger partial charge in [0.15, 0.2) is 11.8 Å². The summed E-state index contributed by atoms with van der Waals surface area (Å²) < 4.78 is 15.3. The summed E-state index contributed by atoms with van der Waals surface area (Å²) >= 11 is 6.48. The van der Waals surface area contributed by atoms with Crippen molar-refractivity contribution in [3.63, 3.8) is 0 Å². The monoisotopic (exact) mass is 717 g/mol. The zero-order valence-corrected chi connectivity index (χ0v) is 30.6. The highest BCUT2D eigenvalue weighted by molar-refractivity contribution is 6.99. The molecule has 1 fully saturated rings. The third-order valence-electron chi connectivity index (χ3n) is 9.28. The van der Waals surface area contributed by atoms with Crippen LogP contribution in [0.1, 0.15) is 20.8 Å². The van der Waals surface area contributed by atoms with Gasteiger partial charge in [0.05, 0.1) is 16.9 Å². The normalized spacial score (nSPS) is 14.6. The number of ether oxygens (including phenoxy) is 1. The lowest BCUT2D eigenvalue weighted by Crippen LogP contribution is -2.67. The smallest absolute Gasteiger partial charge is 0.268 e. The highest BCUT2D eigenvalue weighted by Gasteiger charge is 2.50. The van der Waals surface area contributed by atoms with Gasteiger partial charge >= 0.3 is 0 Å². The molecule has 6 aromatic rings. The van der Waals surface area contributed by atoms with Gasteiger partial charge in [0.1, 0.15) is 17.5 Å². The van der Waals surface area contributed by atoms with Crippen molar-refractivity contribution in [3.05, 3.63) is 127 Å². The van der Waals surface area contributed by atoms with Gasteiger partial charge in [-0.15, -0.1) is 0 Å². The van der Waals surface area contributed by atoms with Crippen LogP contribution in [0.2, 0.25) is 10.1 Å². The predicted octanol–water partition coefficient (Wildman–Crippen LogP) is 5.76. The molecule has 3 aromatic carbocycles. The number of carbonyl (C=O) groups is 1. The first-order chi connectivity index (χ1) is 24.7. The van der Waals surface area contributed by atoms with Gasteiger partial charge in [0, 0.05) is 38.4 Å². The molecule has 1 N–H and O–H groups in total. The van der Waals surface area contributed by atoms with E-state index in [0.717, 1.165) is 13.1 Å². The van der Waals surface area contributed by atoms with Crippen molar-refractivity contribution in [3.8, 4) is 11.6 Å². The molecule has 1 amide bonds. The van der Waals surface area contributed by atoms with Gasteiger partial charge in [0.25, 0.3) is 14.2 Å². The maximum Gasteiger partial charge on any atom is 0.268 e. The summed E-state index contributed by atoms with van der Waals surface area (Å²) in [6.45, 7) is 9.35. The molecule has 1 unspecified atom stereocenters. The average molecular weight is 718 g/mol. The molecule has 260 valence electrons. The number of halogens is 1. The number of anilines is 1. The molecule has 7 rings (SSSR count). The Balaban J connectivity index is 1.09. The highest BCUT2D eigenvalue weighted by Crippen LogP contribution is 2.37. The lowest BCUT2D eigenvalue weighted by molar-refractivity contribution is -0.124. The van der Waals surface area contributed by atoms with E-state index in [0.29, 0.717) is 46.6 Å². The van der Waals surface area contributed by atoms with Crippen LogP contribution < -0.4 is 20.4 Å². The highest BCUT2D eigenvalue weighted by atomic mass is 35.5. The van der Waals surface area contributed by atoms with Crippen LogP contribution in [0.4, 0.5) is 5.82 Å². The number of amides is 1. The van der Waals surface area contributed by atoms with E-state index in [2.05, 4.69) is 112 Å². The Bertz CT molecular complexity index is 2050. The lowest BCUT2D eigenvalue weighted by Gasteiger charge is -2.46. The number of hydrogen-bond acceptors (Lipinski definition) is 8. The van der Waals surface area contributed by atoms with Crippen molar-refractivity contribution in [1.29, 1.82) is 0 Å². The minimum Gasteiger partial charge on any atom is -0.462 e. The fourth-order valence-electron chi connectivity index (χ4n) is 6.84. The van der Waals surface area contributed by atoms with E-state index in [9.17, 15) is 4.79 Å². The largest absolute Gasteiger partial charge is 0.462 e. The second-order valence-corrected chi connectivity index (χ2v) is 18.5. The Morgan fingerprint density at radius 3 is 2.22 bits per heavy atom. The summed E-state index contributed by atoms with van der Waals surface area (Å²) in [5.41, 5.74) is 1.19. The van der Waals surface area contributed by atoms with Gasteiger partial charge in [-0.2, -0.15) is 5.10 Å². The van der Waals surface area contributed by atoms with Gasteiger partial charge in [0.2, 0.25) is 5.88 Å². The molecule has 0 spiro atoms. The van der Waals surface area contributed by atoms with Crippen LogP contribution in [0.15, 0.2) is 122 Å². The summed E-state index contributed by atoms with van der Waals surface area (Å²) in [6.07, 6.45) is 3.77. The van der Waals surface area contributed by atoms with Crippen molar-refractivity contribution in [2.45, 2.75) is 31.9 Å². The van der Waals surface area contributed by atoms with Crippen molar-refractivity contribution in [2.24, 2.45) is 5.92 Å². The van der Waals surface area contributed by atoms with Crippen LogP contribution in [0.25, 0.3) is 16.7 Å². The number of nitrogens with zero attached hydrogens (tertiary/aromatic N) is 6. The number of likely N-dealkylation sites (tertiary alicyclic amines) is 1. The first-order valence-corrected chi connectivity index (χ1v) is 19.3. The molecule has 1 saturated heterocycles. The minimum atomic E-state index is -2.66. The van der Waals surface area contributed by atoms with Gasteiger partial charge in [-0.1, -0.05) is 111 Å². The lowest BCUT2D eigenvalue weighted by atomic mass is 10.0. The topological polar surface area (TPSA) is 107 Å². The summed E-state index contributed by atoms with van der Waals surface area (Å²) in [4.78, 5) is 29.1. The molecule has 12 heteroatoms. The number of para-hydroxylation sites is 1. The summed E-state index contributed by atoms with van der Waals surface area (Å²) in [6, 6.07) is 34.1. The third-order valence-corrected chi connectivity index (χ3v) is 14.6. The molecule has 10 nitrogen and oxygen atoms in total. The van der Waals surface area contributed by atoms with E-state index < -0.39 is 14.4 Å². The van der Waals surface area contributed by atoms with Crippen LogP contribution in [0, 0.1) is 5.92 Å². The van der Waals surface area contributed by atoms with Crippen LogP contribution in [0.3, 0.4) is 0 Å². The van der Waals surface area contributed by atoms with Crippen LogP contribution >= 0.6 is 11.6 Å². The second-order valence-electron chi connectivity index (χ2n) is 13.8. The Hall–Kier alpha value is -4.94. The first kappa shape index (κ1) is 34.5. The Labute approximate surface area is 303 Å². The number of rotatable bonds is 12. The van der Waals surface area contributed by atoms with E-state index in [1.54, 1.807) is 35.3 Å². The molecule has 3 aromatic heterocycles. The number of nitrogens with one attached hydrogen (secondary N) is 1. The molecule has 0 bridgehead atoms. The fraction of sp³-hybridized carbons (Fsp3) is 0.256. The second kappa shape index (κ2) is 14.7. The van der Waals surface area contributed by atoms with E-state index >= 15 is 0 Å². The molecule has 51 heavy (non-hydrogen) atoms. The van der Waals surface area contributed by atoms with Crippen molar-refractivity contribution in [1.82, 2.24) is 29.6 Å². The van der Waals surface area contributed by atoms with Gasteiger partial charge < -0.3 is 14.5 Å². The Kier molecular flexibility index (Phi) is 9.96. The van der Waals surface area contributed by atoms with Gasteiger partial charge in [-0.05, 0) is 39.7 Å². The van der Waals surface area contributed by atoms with Crippen molar-refractivity contribution < 1.29 is 14.0 Å². The fourth-order valence-corrected chi connectivity index (χ4v) is 11.7. The van der Waals surface area contributed by atoms with E-state index in [1.165, 1.54) is 16.7 Å². The molecular formula is C39H40ClN7O3Si. The summed E-state index contributed by atoms with van der Waals surface area (Å²) in [5, 5.41) is 10.9. The molecule has 1 atom stereocenters. The molecule has 0 radical (unpaired) electrons. The number of carbonyl (C=O) groups excluding carboxylic acids is 1. The van der Waals surface area contributed by atoms with Gasteiger partial charge in [-0.25, -0.2) is 19.6 Å². The molecule has 0 saturated carbocycles. The number of pyridine rings is 1. The molecule has 4 heterocycles. The van der Waals surface area contributed by atoms with Crippen LogP contribution in [-0.4, -0.2) is 76.2 Å². The Morgan fingerprint density at radius 1 is 0.902 bits per heavy atom. The molecular weight excluding hydrogens is 678 g/mol. The Morgan fingerprint density at radius 2 is 1.57 bits per heavy atom.